The summed E-state index contributed by atoms with van der Waals surface area (Å²) in [5, 5.41) is 7.48. The number of alkyl carbamates (subject to hydrolysis) is 2. The Morgan fingerprint density at radius 3 is 2.41 bits per heavy atom. The maximum atomic E-state index is 13.3. The molecule has 0 spiro atoms. The fourth-order valence-corrected chi connectivity index (χ4v) is 10.2. The van der Waals surface area contributed by atoms with Crippen molar-refractivity contribution in [3.8, 4) is 22.4 Å². The van der Waals surface area contributed by atoms with Gasteiger partial charge in [-0.25, -0.2) is 19.6 Å². The van der Waals surface area contributed by atoms with Crippen LogP contribution in [-0.2, 0) is 19.1 Å². The number of aromatic nitrogens is 4. The van der Waals surface area contributed by atoms with Crippen molar-refractivity contribution >= 4 is 66.5 Å². The first-order valence-corrected chi connectivity index (χ1v) is 19.8. The summed E-state index contributed by atoms with van der Waals surface area (Å²) in [7, 11) is 2.56. The number of nitrogens with one attached hydrogen (secondary N) is 4. The van der Waals surface area contributed by atoms with Gasteiger partial charge in [-0.15, -0.1) is 11.3 Å². The van der Waals surface area contributed by atoms with Crippen LogP contribution in [0.5, 0.6) is 0 Å². The minimum atomic E-state index is -0.707. The maximum Gasteiger partial charge on any atom is 0.407 e. The molecule has 14 nitrogen and oxygen atoms in total. The average molecular weight is 775 g/mol. The second-order valence-electron chi connectivity index (χ2n) is 14.9. The van der Waals surface area contributed by atoms with E-state index in [-0.39, 0.29) is 36.5 Å². The molecule has 1 aliphatic carbocycles. The van der Waals surface area contributed by atoms with Crippen LogP contribution in [0.25, 0.3) is 53.6 Å². The van der Waals surface area contributed by atoms with Crippen molar-refractivity contribution in [3.63, 3.8) is 0 Å². The third-order valence-corrected chi connectivity index (χ3v) is 12.8. The number of nitrogens with zero attached hydrogens (tertiary/aromatic N) is 4. The molecule has 288 valence electrons. The van der Waals surface area contributed by atoms with Crippen LogP contribution >= 0.6 is 11.3 Å². The molecule has 4 N–H and O–H groups in total. The van der Waals surface area contributed by atoms with Gasteiger partial charge in [0.1, 0.15) is 24.2 Å². The number of amides is 4. The number of piperidine rings is 1. The van der Waals surface area contributed by atoms with E-state index >= 15 is 0 Å². The zero-order chi connectivity index (χ0) is 38.7. The van der Waals surface area contributed by atoms with Gasteiger partial charge in [0.15, 0.2) is 0 Å². The first-order chi connectivity index (χ1) is 27.2. The summed E-state index contributed by atoms with van der Waals surface area (Å²) >= 11 is 1.74. The number of aromatic amines is 2. The highest BCUT2D eigenvalue weighted by atomic mass is 32.1. The average Bonchev–Trinajstić information content (AvgIpc) is 4.08. The number of carbonyl (C=O) groups excluding carboxylic acids is 4. The number of benzene rings is 3. The standard InChI is InChI=1S/C41H42N8O6S/c1-21(44-41(53)55-3)39(51)48-14-4-5-32(48)37-42-19-31(47-37)24-8-12-28-27-11-7-23(17-33(27)56-34(28)18-24)22-9-13-29-30(16-22)46-38(45-29)36-25-6-10-26(15-25)49(36)35(50)20-43-40(52)54-2/h7-9,11-13,16-19,21,25-26,32,36H,4-6,10,14-15,20H2,1-3H3,(H,42,47)(H,43,52)(H,44,53)(H,45,46)/t21-,25-,26+,32-,36-/m0/s1. The lowest BCUT2D eigenvalue weighted by Gasteiger charge is -2.34. The predicted molar refractivity (Wildman–Crippen MR) is 212 cm³/mol. The molecule has 3 aliphatic rings. The van der Waals surface area contributed by atoms with Gasteiger partial charge in [-0.3, -0.25) is 9.59 Å². The molecule has 3 aromatic heterocycles. The normalized spacial score (nSPS) is 20.9. The van der Waals surface area contributed by atoms with E-state index in [1.165, 1.54) is 29.7 Å². The van der Waals surface area contributed by atoms with Crippen molar-refractivity contribution in [2.24, 2.45) is 5.92 Å². The second-order valence-corrected chi connectivity index (χ2v) is 16.0. The van der Waals surface area contributed by atoms with Crippen LogP contribution in [0.4, 0.5) is 9.59 Å². The van der Waals surface area contributed by atoms with Crippen LogP contribution in [0.2, 0.25) is 0 Å². The van der Waals surface area contributed by atoms with E-state index in [4.69, 9.17) is 9.97 Å². The van der Waals surface area contributed by atoms with E-state index in [0.717, 1.165) is 81.9 Å². The zero-order valence-corrected chi connectivity index (χ0v) is 32.1. The van der Waals surface area contributed by atoms with Crippen LogP contribution in [-0.4, -0.2) is 93.1 Å². The number of hydrogen-bond donors (Lipinski definition) is 4. The number of H-pyrrole nitrogens is 2. The van der Waals surface area contributed by atoms with Gasteiger partial charge in [-0.05, 0) is 80.3 Å². The summed E-state index contributed by atoms with van der Waals surface area (Å²) in [6.45, 7) is 2.15. The lowest BCUT2D eigenvalue weighted by atomic mass is 9.98. The van der Waals surface area contributed by atoms with Crippen LogP contribution in [0, 0.1) is 5.92 Å². The van der Waals surface area contributed by atoms with Crippen LogP contribution < -0.4 is 10.6 Å². The number of ether oxygens (including phenoxy) is 2. The Balaban J connectivity index is 0.944. The van der Waals surface area contributed by atoms with Gasteiger partial charge in [0.25, 0.3) is 0 Å². The van der Waals surface area contributed by atoms with E-state index in [1.807, 2.05) is 17.2 Å². The smallest absolute Gasteiger partial charge is 0.407 e. The largest absolute Gasteiger partial charge is 0.453 e. The van der Waals surface area contributed by atoms with Gasteiger partial charge >= 0.3 is 12.2 Å². The van der Waals surface area contributed by atoms with E-state index in [1.54, 1.807) is 23.2 Å². The minimum Gasteiger partial charge on any atom is -0.453 e. The number of thiophene rings is 1. The molecule has 9 rings (SSSR count). The van der Waals surface area contributed by atoms with Crippen molar-refractivity contribution in [1.82, 2.24) is 40.4 Å². The molecule has 2 saturated heterocycles. The summed E-state index contributed by atoms with van der Waals surface area (Å²) in [6.07, 6.45) is 5.15. The molecule has 0 unspecified atom stereocenters. The van der Waals surface area contributed by atoms with Crippen molar-refractivity contribution in [2.75, 3.05) is 27.3 Å². The highest BCUT2D eigenvalue weighted by Gasteiger charge is 2.49. The summed E-state index contributed by atoms with van der Waals surface area (Å²) < 4.78 is 11.7. The van der Waals surface area contributed by atoms with Gasteiger partial charge in [0.05, 0.1) is 49.2 Å². The second kappa shape index (κ2) is 14.3. The number of methoxy groups -OCH3 is 2. The van der Waals surface area contributed by atoms with Crippen molar-refractivity contribution in [2.45, 2.75) is 63.2 Å². The SMILES string of the molecule is COC(=O)NCC(=O)N1[C@@H]2CC[C@@H](C2)[C@H]1c1nc2ccc(-c3ccc4c(c3)sc3cc(-c5cnc([C@@H]6CCCN6C(=O)[C@H](C)NC(=O)OC)[nH]5)ccc34)cc2[nH]1. The van der Waals surface area contributed by atoms with Gasteiger partial charge in [0.2, 0.25) is 11.8 Å². The van der Waals surface area contributed by atoms with Gasteiger partial charge in [-0.2, -0.15) is 0 Å². The first-order valence-electron chi connectivity index (χ1n) is 19.0. The first kappa shape index (κ1) is 35.7. The van der Waals surface area contributed by atoms with Crippen LogP contribution in [0.3, 0.4) is 0 Å². The van der Waals surface area contributed by atoms with E-state index in [0.29, 0.717) is 12.5 Å². The number of imidazole rings is 2. The molecular formula is C41H42N8O6S. The molecule has 5 atom stereocenters. The van der Waals surface area contributed by atoms with Crippen LogP contribution in [0.1, 0.15) is 62.8 Å². The third kappa shape index (κ3) is 6.29. The summed E-state index contributed by atoms with van der Waals surface area (Å²) in [5.74, 6) is 1.55. The molecule has 4 amide bonds. The lowest BCUT2D eigenvalue weighted by Crippen LogP contribution is -2.46. The van der Waals surface area contributed by atoms with Gasteiger partial charge < -0.3 is 39.9 Å². The fourth-order valence-electron chi connectivity index (χ4n) is 9.00. The Morgan fingerprint density at radius 1 is 0.893 bits per heavy atom. The molecule has 5 heterocycles. The summed E-state index contributed by atoms with van der Waals surface area (Å²) in [5.41, 5.74) is 5.81. The van der Waals surface area contributed by atoms with Crippen molar-refractivity contribution in [1.29, 1.82) is 0 Å². The number of fused-ring (bicyclic) bond motifs is 6. The number of hydrogen-bond acceptors (Lipinski definition) is 9. The number of carbonyl (C=O) groups is 4. The molecule has 2 bridgehead atoms. The molecule has 15 heteroatoms. The molecule has 1 saturated carbocycles. The Kier molecular flexibility index (Phi) is 9.11. The number of rotatable bonds is 8. The van der Waals surface area contributed by atoms with E-state index in [9.17, 15) is 19.2 Å². The highest BCUT2D eigenvalue weighted by Crippen LogP contribution is 2.50. The lowest BCUT2D eigenvalue weighted by molar-refractivity contribution is -0.135. The summed E-state index contributed by atoms with van der Waals surface area (Å²) in [6, 6.07) is 18.4. The fraction of sp³-hybridized carbons (Fsp3) is 0.366. The Hall–Kier alpha value is -5.96. The van der Waals surface area contributed by atoms with E-state index in [2.05, 4.69) is 78.6 Å². The van der Waals surface area contributed by atoms with Crippen LogP contribution in [0.15, 0.2) is 60.8 Å². The monoisotopic (exact) mass is 774 g/mol. The van der Waals surface area contributed by atoms with E-state index < -0.39 is 18.2 Å². The molecular weight excluding hydrogens is 733 g/mol. The van der Waals surface area contributed by atoms with Crippen molar-refractivity contribution in [3.05, 3.63) is 72.4 Å². The topological polar surface area (TPSA) is 175 Å². The molecule has 3 aromatic carbocycles. The third-order valence-electron chi connectivity index (χ3n) is 11.7. The Labute approximate surface area is 325 Å². The quantitative estimate of drug-likeness (QED) is 0.131. The minimum absolute atomic E-state index is 0.107. The Morgan fingerprint density at radius 2 is 1.62 bits per heavy atom. The molecule has 3 fully saturated rings. The molecule has 2 aliphatic heterocycles. The van der Waals surface area contributed by atoms with Gasteiger partial charge in [-0.1, -0.05) is 30.3 Å². The highest BCUT2D eigenvalue weighted by molar-refractivity contribution is 7.25. The van der Waals surface area contributed by atoms with Gasteiger partial charge in [0, 0.05) is 38.3 Å². The Bertz CT molecular complexity index is 2530. The zero-order valence-electron chi connectivity index (χ0n) is 31.3. The predicted octanol–water partition coefficient (Wildman–Crippen LogP) is 6.80. The summed E-state index contributed by atoms with van der Waals surface area (Å²) in [4.78, 5) is 70.2. The van der Waals surface area contributed by atoms with Crippen molar-refractivity contribution < 1.29 is 28.7 Å². The number of likely N-dealkylation sites (tertiary alicyclic amines) is 2. The molecule has 56 heavy (non-hydrogen) atoms. The molecule has 6 aromatic rings. The molecule has 0 radical (unpaired) electrons. The maximum absolute atomic E-state index is 13.3.